The Hall–Kier alpha value is -3.63. The normalized spacial score (nSPS) is 19.7. The Bertz CT molecular complexity index is 1030. The molecule has 1 aromatic carbocycles. The van der Waals surface area contributed by atoms with Crippen LogP contribution in [0.1, 0.15) is 70.8 Å². The summed E-state index contributed by atoms with van der Waals surface area (Å²) in [7, 11) is 0. The topological polar surface area (TPSA) is 163 Å². The molecule has 0 bridgehead atoms. The molecule has 1 heterocycles. The standard InChI is InChI=1S/C29H42N4O7/c1-18(2)24(33-29(39)40-17-20-11-7-4-8-12-20)27(36)31-22(15-19-9-5-3-6-10-19)26(35)32-23(28(37)38)16-21-13-14-30-25(21)34/h4,7-8,11-12,18-19,21-24H,3,5-6,9-10,13-17H2,1-2H3,(H,30,34)(H,31,36)(H,32,35)(H,33,39)(H,37,38)/t21-,22-,23-,24-/m0/s1. The monoisotopic (exact) mass is 558 g/mol. The molecule has 0 spiro atoms. The second-order valence-electron chi connectivity index (χ2n) is 11.1. The van der Waals surface area contributed by atoms with Gasteiger partial charge in [-0.25, -0.2) is 9.59 Å². The molecule has 11 heteroatoms. The third kappa shape index (κ3) is 9.53. The molecule has 0 aromatic heterocycles. The third-order valence-electron chi connectivity index (χ3n) is 7.66. The first-order valence-electron chi connectivity index (χ1n) is 14.2. The van der Waals surface area contributed by atoms with Gasteiger partial charge in [-0.15, -0.1) is 0 Å². The number of ether oxygens (including phenoxy) is 1. The quantitative estimate of drug-likeness (QED) is 0.248. The van der Waals surface area contributed by atoms with Crippen LogP contribution in [-0.2, 0) is 30.5 Å². The molecule has 1 saturated carbocycles. The molecule has 2 aliphatic rings. The van der Waals surface area contributed by atoms with Gasteiger partial charge in [-0.2, -0.15) is 0 Å². The van der Waals surface area contributed by atoms with Crippen molar-refractivity contribution in [1.82, 2.24) is 21.3 Å². The van der Waals surface area contributed by atoms with Crippen molar-refractivity contribution in [2.45, 2.75) is 89.9 Å². The van der Waals surface area contributed by atoms with Crippen LogP contribution in [-0.4, -0.2) is 59.6 Å². The minimum absolute atomic E-state index is 0.0273. The number of aliphatic carboxylic acids is 1. The summed E-state index contributed by atoms with van der Waals surface area (Å²) in [4.78, 5) is 63.2. The molecule has 220 valence electrons. The van der Waals surface area contributed by atoms with Crippen molar-refractivity contribution >= 4 is 29.8 Å². The van der Waals surface area contributed by atoms with Gasteiger partial charge >= 0.3 is 12.1 Å². The highest BCUT2D eigenvalue weighted by Gasteiger charge is 2.35. The van der Waals surface area contributed by atoms with Crippen LogP contribution in [0.5, 0.6) is 0 Å². The molecular weight excluding hydrogens is 516 g/mol. The Morgan fingerprint density at radius 2 is 1.60 bits per heavy atom. The van der Waals surface area contributed by atoms with Gasteiger partial charge in [-0.05, 0) is 36.7 Å². The highest BCUT2D eigenvalue weighted by Crippen LogP contribution is 2.27. The first kappa shape index (κ1) is 30.9. The second kappa shape index (κ2) is 15.2. The van der Waals surface area contributed by atoms with E-state index in [0.29, 0.717) is 19.4 Å². The summed E-state index contributed by atoms with van der Waals surface area (Å²) in [6, 6.07) is 5.92. The van der Waals surface area contributed by atoms with Crippen molar-refractivity contribution in [3.63, 3.8) is 0 Å². The number of hydrogen-bond acceptors (Lipinski definition) is 6. The molecule has 0 radical (unpaired) electrons. The molecule has 4 atom stereocenters. The SMILES string of the molecule is CC(C)[C@H](NC(=O)OCc1ccccc1)C(=O)N[C@@H](CC1CCCCC1)C(=O)N[C@@H](C[C@@H]1CCNC1=O)C(=O)O. The van der Waals surface area contributed by atoms with Gasteiger partial charge in [-0.1, -0.05) is 76.3 Å². The summed E-state index contributed by atoms with van der Waals surface area (Å²) in [5.74, 6) is -3.23. The van der Waals surface area contributed by atoms with E-state index in [1.54, 1.807) is 13.8 Å². The molecule has 1 saturated heterocycles. The summed E-state index contributed by atoms with van der Waals surface area (Å²) >= 11 is 0. The van der Waals surface area contributed by atoms with Gasteiger partial charge in [0.15, 0.2) is 0 Å². The lowest BCUT2D eigenvalue weighted by Crippen LogP contribution is -2.57. The number of carboxylic acid groups (broad SMARTS) is 1. The van der Waals surface area contributed by atoms with Crippen LogP contribution in [0.2, 0.25) is 0 Å². The fourth-order valence-corrected chi connectivity index (χ4v) is 5.32. The largest absolute Gasteiger partial charge is 0.480 e. The minimum Gasteiger partial charge on any atom is -0.480 e. The van der Waals surface area contributed by atoms with Crippen molar-refractivity contribution in [1.29, 1.82) is 0 Å². The van der Waals surface area contributed by atoms with E-state index in [1.807, 2.05) is 30.3 Å². The maximum Gasteiger partial charge on any atom is 0.408 e. The maximum absolute atomic E-state index is 13.4. The van der Waals surface area contributed by atoms with Crippen molar-refractivity contribution in [3.05, 3.63) is 35.9 Å². The summed E-state index contributed by atoms with van der Waals surface area (Å²) < 4.78 is 5.28. The molecule has 11 nitrogen and oxygen atoms in total. The molecule has 0 unspecified atom stereocenters. The highest BCUT2D eigenvalue weighted by molar-refractivity contribution is 5.93. The van der Waals surface area contributed by atoms with Gasteiger partial charge in [0.25, 0.3) is 0 Å². The third-order valence-corrected chi connectivity index (χ3v) is 7.66. The molecule has 5 N–H and O–H groups in total. The van der Waals surface area contributed by atoms with Gasteiger partial charge in [0, 0.05) is 12.5 Å². The van der Waals surface area contributed by atoms with E-state index < -0.39 is 47.9 Å². The lowest BCUT2D eigenvalue weighted by atomic mass is 9.84. The summed E-state index contributed by atoms with van der Waals surface area (Å²) in [6.07, 6.45) is 5.10. The molecular formula is C29H42N4O7. The minimum atomic E-state index is -1.26. The average Bonchev–Trinajstić information content (AvgIpc) is 3.34. The van der Waals surface area contributed by atoms with Crippen LogP contribution in [0, 0.1) is 17.8 Å². The Morgan fingerprint density at radius 1 is 0.925 bits per heavy atom. The van der Waals surface area contributed by atoms with Crippen molar-refractivity contribution < 1.29 is 33.8 Å². The van der Waals surface area contributed by atoms with Crippen LogP contribution >= 0.6 is 0 Å². The van der Waals surface area contributed by atoms with Gasteiger partial charge in [0.1, 0.15) is 24.7 Å². The Labute approximate surface area is 235 Å². The van der Waals surface area contributed by atoms with E-state index >= 15 is 0 Å². The number of rotatable bonds is 13. The molecule has 1 aromatic rings. The smallest absolute Gasteiger partial charge is 0.408 e. The lowest BCUT2D eigenvalue weighted by molar-refractivity contribution is -0.143. The van der Waals surface area contributed by atoms with Crippen LogP contribution in [0.3, 0.4) is 0 Å². The first-order valence-corrected chi connectivity index (χ1v) is 14.2. The first-order chi connectivity index (χ1) is 19.1. The maximum atomic E-state index is 13.4. The van der Waals surface area contributed by atoms with Crippen LogP contribution < -0.4 is 21.3 Å². The highest BCUT2D eigenvalue weighted by atomic mass is 16.5. The summed E-state index contributed by atoms with van der Waals surface area (Å²) in [6.45, 7) is 4.05. The number of alkyl carbamates (subject to hydrolysis) is 1. The Kier molecular flexibility index (Phi) is 11.8. The second-order valence-corrected chi connectivity index (χ2v) is 11.1. The van der Waals surface area contributed by atoms with Crippen LogP contribution in [0.25, 0.3) is 0 Å². The number of carbonyl (C=O) groups is 5. The Balaban J connectivity index is 1.67. The van der Waals surface area contributed by atoms with E-state index in [9.17, 15) is 29.1 Å². The molecule has 1 aliphatic carbocycles. The number of amides is 4. The van der Waals surface area contributed by atoms with E-state index in [-0.39, 0.29) is 30.8 Å². The molecule has 2 fully saturated rings. The number of carboxylic acids is 1. The predicted octanol–water partition coefficient (Wildman–Crippen LogP) is 2.49. The number of benzene rings is 1. The molecule has 1 aliphatic heterocycles. The van der Waals surface area contributed by atoms with Gasteiger partial charge in [-0.3, -0.25) is 14.4 Å². The van der Waals surface area contributed by atoms with E-state index in [4.69, 9.17) is 4.74 Å². The molecule has 4 amide bonds. The van der Waals surface area contributed by atoms with Crippen LogP contribution in [0.4, 0.5) is 4.79 Å². The van der Waals surface area contributed by atoms with E-state index in [2.05, 4.69) is 21.3 Å². The van der Waals surface area contributed by atoms with Crippen molar-refractivity contribution in [2.75, 3.05) is 6.54 Å². The number of nitrogens with one attached hydrogen (secondary N) is 4. The average molecular weight is 559 g/mol. The fraction of sp³-hybridized carbons (Fsp3) is 0.621. The van der Waals surface area contributed by atoms with Gasteiger partial charge in [0.2, 0.25) is 17.7 Å². The molecule has 40 heavy (non-hydrogen) atoms. The fourth-order valence-electron chi connectivity index (χ4n) is 5.32. The predicted molar refractivity (Wildman–Crippen MR) is 147 cm³/mol. The van der Waals surface area contributed by atoms with Gasteiger partial charge in [0.05, 0.1) is 0 Å². The zero-order valence-electron chi connectivity index (χ0n) is 23.3. The summed E-state index contributed by atoms with van der Waals surface area (Å²) in [5, 5.41) is 20.4. The van der Waals surface area contributed by atoms with Crippen molar-refractivity contribution in [3.8, 4) is 0 Å². The zero-order chi connectivity index (χ0) is 29.1. The summed E-state index contributed by atoms with van der Waals surface area (Å²) in [5.41, 5.74) is 0.801. The molecule has 3 rings (SSSR count). The van der Waals surface area contributed by atoms with Crippen LogP contribution in [0.15, 0.2) is 30.3 Å². The number of hydrogen-bond donors (Lipinski definition) is 5. The van der Waals surface area contributed by atoms with E-state index in [0.717, 1.165) is 37.7 Å². The van der Waals surface area contributed by atoms with Gasteiger partial charge < -0.3 is 31.1 Å². The number of carbonyl (C=O) groups excluding carboxylic acids is 4. The van der Waals surface area contributed by atoms with Crippen molar-refractivity contribution in [2.24, 2.45) is 17.8 Å². The van der Waals surface area contributed by atoms with E-state index in [1.165, 1.54) is 0 Å². The Morgan fingerprint density at radius 3 is 2.20 bits per heavy atom. The lowest BCUT2D eigenvalue weighted by Gasteiger charge is -2.29. The zero-order valence-corrected chi connectivity index (χ0v) is 23.3.